The Balaban J connectivity index is 2.48. The van der Waals surface area contributed by atoms with Crippen molar-refractivity contribution in [3.63, 3.8) is 0 Å². The van der Waals surface area contributed by atoms with E-state index >= 15 is 0 Å². The van der Waals surface area contributed by atoms with E-state index in [2.05, 4.69) is 12.2 Å². The minimum absolute atomic E-state index is 0.0575. The highest BCUT2D eigenvalue weighted by molar-refractivity contribution is 7.99. The van der Waals surface area contributed by atoms with Crippen molar-refractivity contribution in [2.24, 2.45) is 0 Å². The van der Waals surface area contributed by atoms with Gasteiger partial charge in [-0.3, -0.25) is 4.79 Å². The molecule has 0 saturated carbocycles. The molecule has 0 aliphatic rings. The summed E-state index contributed by atoms with van der Waals surface area (Å²) in [6.07, 6.45) is 0.820. The second-order valence-corrected chi connectivity index (χ2v) is 5.34. The zero-order valence-electron chi connectivity index (χ0n) is 10.3. The van der Waals surface area contributed by atoms with Crippen molar-refractivity contribution in [1.82, 2.24) is 5.32 Å². The van der Waals surface area contributed by atoms with Crippen molar-refractivity contribution in [1.29, 1.82) is 0 Å². The van der Waals surface area contributed by atoms with Gasteiger partial charge in [-0.05, 0) is 24.1 Å². The predicted molar refractivity (Wildman–Crippen MR) is 72.3 cm³/mol. The van der Waals surface area contributed by atoms with Gasteiger partial charge in [-0.1, -0.05) is 19.1 Å². The zero-order chi connectivity index (χ0) is 12.7. The highest BCUT2D eigenvalue weighted by Gasteiger charge is 2.04. The van der Waals surface area contributed by atoms with E-state index in [4.69, 9.17) is 5.11 Å². The highest BCUT2D eigenvalue weighted by atomic mass is 32.2. The molecule has 0 aromatic heterocycles. The highest BCUT2D eigenvalue weighted by Crippen LogP contribution is 2.19. The fourth-order valence-corrected chi connectivity index (χ4v) is 2.34. The van der Waals surface area contributed by atoms with Gasteiger partial charge >= 0.3 is 0 Å². The number of benzene rings is 1. The lowest BCUT2D eigenvalue weighted by atomic mass is 10.1. The molecule has 0 unspecified atom stereocenters. The van der Waals surface area contributed by atoms with E-state index in [0.717, 1.165) is 12.2 Å². The molecular formula is C13H19NO2S. The molecule has 0 aliphatic carbocycles. The topological polar surface area (TPSA) is 49.3 Å². The summed E-state index contributed by atoms with van der Waals surface area (Å²) in [6.45, 7) is 2.35. The van der Waals surface area contributed by atoms with Crippen molar-refractivity contribution in [3.05, 3.63) is 35.4 Å². The van der Waals surface area contributed by atoms with Gasteiger partial charge in [0.15, 0.2) is 0 Å². The van der Waals surface area contributed by atoms with E-state index in [-0.39, 0.29) is 12.5 Å². The Labute approximate surface area is 107 Å². The minimum atomic E-state index is -0.0575. The summed E-state index contributed by atoms with van der Waals surface area (Å²) in [5.74, 6) is 0.854. The van der Waals surface area contributed by atoms with Crippen LogP contribution in [0.5, 0.6) is 0 Å². The number of carbonyl (C=O) groups excluding carboxylic acids is 1. The first-order chi connectivity index (χ1) is 8.17. The van der Waals surface area contributed by atoms with Gasteiger partial charge in [-0.25, -0.2) is 0 Å². The van der Waals surface area contributed by atoms with E-state index in [9.17, 15) is 4.79 Å². The van der Waals surface area contributed by atoms with Crippen LogP contribution in [0.15, 0.2) is 24.3 Å². The third-order valence-corrected chi connectivity index (χ3v) is 3.82. The molecule has 0 saturated heterocycles. The number of amides is 1. The second kappa shape index (κ2) is 7.35. The average molecular weight is 253 g/mol. The fraction of sp³-hybridized carbons (Fsp3) is 0.462. The molecule has 0 heterocycles. The van der Waals surface area contributed by atoms with E-state index in [1.807, 2.05) is 36.0 Å². The lowest BCUT2D eigenvalue weighted by Crippen LogP contribution is -2.17. The Morgan fingerprint density at radius 3 is 2.59 bits per heavy atom. The zero-order valence-corrected chi connectivity index (χ0v) is 11.1. The Hall–Kier alpha value is -1.00. The molecule has 0 fully saturated rings. The number of thioether (sulfide) groups is 1. The number of hydrogen-bond acceptors (Lipinski definition) is 3. The maximum absolute atomic E-state index is 11.3. The summed E-state index contributed by atoms with van der Waals surface area (Å²) in [5.41, 5.74) is 1.89. The molecule has 1 amide bonds. The van der Waals surface area contributed by atoms with Crippen LogP contribution in [-0.4, -0.2) is 29.9 Å². The Kier molecular flexibility index (Phi) is 6.08. The first-order valence-corrected chi connectivity index (χ1v) is 6.75. The summed E-state index contributed by atoms with van der Waals surface area (Å²) < 4.78 is 0. The van der Waals surface area contributed by atoms with Crippen LogP contribution in [0.25, 0.3) is 0 Å². The van der Waals surface area contributed by atoms with Crippen molar-refractivity contribution >= 4 is 17.7 Å². The Morgan fingerprint density at radius 1 is 1.41 bits per heavy atom. The first-order valence-electron chi connectivity index (χ1n) is 5.71. The van der Waals surface area contributed by atoms with Crippen LogP contribution in [0.4, 0.5) is 0 Å². The molecular weight excluding hydrogens is 234 g/mol. The van der Waals surface area contributed by atoms with Crippen LogP contribution in [0.3, 0.4) is 0 Å². The molecule has 1 aromatic carbocycles. The molecule has 17 heavy (non-hydrogen) atoms. The average Bonchev–Trinajstić information content (AvgIpc) is 2.36. The first kappa shape index (κ1) is 14.1. The van der Waals surface area contributed by atoms with Gasteiger partial charge in [0.2, 0.25) is 0 Å². The second-order valence-electron chi connectivity index (χ2n) is 3.91. The molecule has 0 radical (unpaired) electrons. The van der Waals surface area contributed by atoms with Crippen LogP contribution in [-0.2, 0) is 5.75 Å². The quantitative estimate of drug-likeness (QED) is 0.816. The van der Waals surface area contributed by atoms with Gasteiger partial charge in [-0.15, -0.1) is 0 Å². The lowest BCUT2D eigenvalue weighted by Gasteiger charge is -2.09. The van der Waals surface area contributed by atoms with Crippen LogP contribution in [0.2, 0.25) is 0 Å². The lowest BCUT2D eigenvalue weighted by molar-refractivity contribution is 0.0963. The van der Waals surface area contributed by atoms with Crippen molar-refractivity contribution in [2.45, 2.75) is 24.3 Å². The minimum Gasteiger partial charge on any atom is -0.396 e. The maximum Gasteiger partial charge on any atom is 0.251 e. The van der Waals surface area contributed by atoms with Crippen LogP contribution < -0.4 is 5.32 Å². The predicted octanol–water partition coefficient (Wildman–Crippen LogP) is 2.05. The molecule has 0 bridgehead atoms. The summed E-state index contributed by atoms with van der Waals surface area (Å²) in [7, 11) is 1.63. The molecule has 0 aliphatic heterocycles. The standard InChI is InChI=1S/C13H19NO2S/c1-10(7-8-15)17-9-11-3-5-12(6-4-11)13(16)14-2/h3-6,10,15H,7-9H2,1-2H3,(H,14,16)/t10-/m0/s1. The molecule has 94 valence electrons. The van der Waals surface area contributed by atoms with Crippen LogP contribution in [0, 0.1) is 0 Å². The Morgan fingerprint density at radius 2 is 2.06 bits per heavy atom. The summed E-state index contributed by atoms with van der Waals surface area (Å²) in [4.78, 5) is 11.3. The van der Waals surface area contributed by atoms with Gasteiger partial charge in [0.25, 0.3) is 5.91 Å². The number of aliphatic hydroxyl groups is 1. The van der Waals surface area contributed by atoms with Crippen molar-refractivity contribution < 1.29 is 9.90 Å². The van der Waals surface area contributed by atoms with Gasteiger partial charge in [0.05, 0.1) is 0 Å². The molecule has 2 N–H and O–H groups in total. The molecule has 1 atom stereocenters. The van der Waals surface area contributed by atoms with E-state index < -0.39 is 0 Å². The molecule has 1 aromatic rings. The maximum atomic E-state index is 11.3. The van der Waals surface area contributed by atoms with Crippen molar-refractivity contribution in [3.8, 4) is 0 Å². The SMILES string of the molecule is CNC(=O)c1ccc(CS[C@@H](C)CCO)cc1. The third-order valence-electron chi connectivity index (χ3n) is 2.51. The van der Waals surface area contributed by atoms with E-state index in [1.165, 1.54) is 5.56 Å². The van der Waals surface area contributed by atoms with E-state index in [0.29, 0.717) is 10.8 Å². The van der Waals surface area contributed by atoms with Crippen LogP contribution in [0.1, 0.15) is 29.3 Å². The number of nitrogens with one attached hydrogen (secondary N) is 1. The number of hydrogen-bond donors (Lipinski definition) is 2. The third kappa shape index (κ3) is 4.79. The largest absolute Gasteiger partial charge is 0.396 e. The molecule has 4 heteroatoms. The number of carbonyl (C=O) groups is 1. The summed E-state index contributed by atoms with van der Waals surface area (Å²) in [5, 5.41) is 11.9. The molecule has 1 rings (SSSR count). The molecule has 3 nitrogen and oxygen atoms in total. The van der Waals surface area contributed by atoms with Crippen molar-refractivity contribution in [2.75, 3.05) is 13.7 Å². The monoisotopic (exact) mass is 253 g/mol. The summed E-state index contributed by atoms with van der Waals surface area (Å²) >= 11 is 1.81. The molecule has 0 spiro atoms. The van der Waals surface area contributed by atoms with Gasteiger partial charge in [0.1, 0.15) is 0 Å². The van der Waals surface area contributed by atoms with Gasteiger partial charge < -0.3 is 10.4 Å². The Bertz CT molecular complexity index is 351. The number of rotatable bonds is 6. The fourth-order valence-electron chi connectivity index (χ4n) is 1.40. The normalized spacial score (nSPS) is 12.2. The number of aliphatic hydroxyl groups excluding tert-OH is 1. The summed E-state index contributed by atoms with van der Waals surface area (Å²) in [6, 6.07) is 7.63. The van der Waals surface area contributed by atoms with Gasteiger partial charge in [-0.2, -0.15) is 11.8 Å². The van der Waals surface area contributed by atoms with Gasteiger partial charge in [0, 0.05) is 30.2 Å². The van der Waals surface area contributed by atoms with Crippen LogP contribution >= 0.6 is 11.8 Å². The van der Waals surface area contributed by atoms with E-state index in [1.54, 1.807) is 7.05 Å². The smallest absolute Gasteiger partial charge is 0.251 e.